The van der Waals surface area contributed by atoms with E-state index in [1.54, 1.807) is 12.1 Å². The number of imide groups is 1. The lowest BCUT2D eigenvalue weighted by molar-refractivity contribution is -0.120. The molecule has 0 bridgehead atoms. The van der Waals surface area contributed by atoms with Crippen molar-refractivity contribution in [3.8, 4) is 0 Å². The average Bonchev–Trinajstić information content (AvgIpc) is 3.23. The van der Waals surface area contributed by atoms with Gasteiger partial charge in [-0.1, -0.05) is 35.9 Å². The van der Waals surface area contributed by atoms with Crippen molar-refractivity contribution in [2.45, 2.75) is 26.7 Å². The summed E-state index contributed by atoms with van der Waals surface area (Å²) in [5.74, 6) is -1.48. The third-order valence-electron chi connectivity index (χ3n) is 5.23. The van der Waals surface area contributed by atoms with Gasteiger partial charge in [-0.3, -0.25) is 9.59 Å². The number of carbonyl (C=O) groups is 2. The molecule has 0 aromatic heterocycles. The van der Waals surface area contributed by atoms with Gasteiger partial charge >= 0.3 is 0 Å². The number of hydrogen-bond donors (Lipinski definition) is 0. The van der Waals surface area contributed by atoms with Crippen LogP contribution in [0.2, 0.25) is 0 Å². The quantitative estimate of drug-likeness (QED) is 0.778. The second kappa shape index (κ2) is 6.65. The lowest BCUT2D eigenvalue weighted by Gasteiger charge is -2.20. The van der Waals surface area contributed by atoms with Crippen LogP contribution in [-0.2, 0) is 9.59 Å². The Morgan fingerprint density at radius 3 is 2.30 bits per heavy atom. The smallest absolute Gasteiger partial charge is 0.282 e. The highest BCUT2D eigenvalue weighted by molar-refractivity contribution is 6.45. The first-order valence-electron chi connectivity index (χ1n) is 9.19. The minimum Gasteiger partial charge on any atom is -0.366 e. The van der Waals surface area contributed by atoms with Gasteiger partial charge in [0, 0.05) is 13.1 Å². The summed E-state index contributed by atoms with van der Waals surface area (Å²) in [6.07, 6.45) is 1.95. The summed E-state index contributed by atoms with van der Waals surface area (Å²) in [6.45, 7) is 5.38. The number of aryl methyl sites for hydroxylation is 2. The molecule has 0 spiro atoms. The van der Waals surface area contributed by atoms with Gasteiger partial charge in [-0.25, -0.2) is 9.29 Å². The van der Waals surface area contributed by atoms with E-state index in [9.17, 15) is 14.0 Å². The second-order valence-electron chi connectivity index (χ2n) is 7.13. The maximum Gasteiger partial charge on any atom is 0.282 e. The molecule has 2 aliphatic heterocycles. The van der Waals surface area contributed by atoms with Gasteiger partial charge < -0.3 is 4.90 Å². The normalized spacial score (nSPS) is 17.4. The molecule has 0 N–H and O–H groups in total. The molecule has 1 fully saturated rings. The van der Waals surface area contributed by atoms with Crippen LogP contribution in [-0.4, -0.2) is 29.8 Å². The molecule has 4 rings (SSSR count). The third-order valence-corrected chi connectivity index (χ3v) is 5.23. The largest absolute Gasteiger partial charge is 0.366 e. The summed E-state index contributed by atoms with van der Waals surface area (Å²) in [4.78, 5) is 29.5. The summed E-state index contributed by atoms with van der Waals surface area (Å²) in [7, 11) is 0. The number of carbonyl (C=O) groups excluding carboxylic acids is 2. The fourth-order valence-electron chi connectivity index (χ4n) is 3.94. The Balaban J connectivity index is 1.89. The number of hydrogen-bond acceptors (Lipinski definition) is 3. The van der Waals surface area contributed by atoms with Gasteiger partial charge in [-0.15, -0.1) is 0 Å². The van der Waals surface area contributed by atoms with E-state index in [-0.39, 0.29) is 5.69 Å². The second-order valence-corrected chi connectivity index (χ2v) is 7.13. The van der Waals surface area contributed by atoms with Crippen LogP contribution < -0.4 is 4.90 Å². The first-order valence-corrected chi connectivity index (χ1v) is 9.19. The fraction of sp³-hybridized carbons (Fsp3) is 0.273. The molecule has 0 saturated carbocycles. The molecular formula is C22H21FN2O2. The van der Waals surface area contributed by atoms with Gasteiger partial charge in [0.15, 0.2) is 0 Å². The molecule has 2 aromatic carbocycles. The van der Waals surface area contributed by atoms with Crippen molar-refractivity contribution < 1.29 is 14.0 Å². The highest BCUT2D eigenvalue weighted by Crippen LogP contribution is 2.37. The van der Waals surface area contributed by atoms with E-state index in [4.69, 9.17) is 0 Å². The number of likely N-dealkylation sites (tertiary alicyclic amines) is 1. The van der Waals surface area contributed by atoms with Gasteiger partial charge in [0.05, 0.1) is 11.3 Å². The molecule has 0 aliphatic carbocycles. The van der Waals surface area contributed by atoms with E-state index in [0.717, 1.165) is 47.5 Å². The maximum absolute atomic E-state index is 14.4. The van der Waals surface area contributed by atoms with E-state index < -0.39 is 17.6 Å². The molecule has 2 aliphatic rings. The van der Waals surface area contributed by atoms with Gasteiger partial charge in [0.2, 0.25) is 0 Å². The van der Waals surface area contributed by atoms with Crippen molar-refractivity contribution in [1.82, 2.24) is 4.90 Å². The summed E-state index contributed by atoms with van der Waals surface area (Å²) in [5, 5.41) is 0. The van der Waals surface area contributed by atoms with Gasteiger partial charge in [-0.2, -0.15) is 0 Å². The Hall–Kier alpha value is -2.95. The SMILES string of the molecule is Cc1ccc(C2=C(N3CCCC3)C(=O)N(c3ccccc3F)C2=O)c(C)c1. The van der Waals surface area contributed by atoms with Crippen molar-refractivity contribution in [2.24, 2.45) is 0 Å². The van der Waals surface area contributed by atoms with E-state index in [2.05, 4.69) is 0 Å². The van der Waals surface area contributed by atoms with Gasteiger partial charge in [0.1, 0.15) is 11.5 Å². The van der Waals surface area contributed by atoms with Crippen LogP contribution >= 0.6 is 0 Å². The first-order chi connectivity index (χ1) is 13.0. The molecule has 0 unspecified atom stereocenters. The van der Waals surface area contributed by atoms with Crippen LogP contribution in [0.3, 0.4) is 0 Å². The minimum atomic E-state index is -0.582. The topological polar surface area (TPSA) is 40.6 Å². The number of benzene rings is 2. The van der Waals surface area contributed by atoms with E-state index >= 15 is 0 Å². The Labute approximate surface area is 157 Å². The zero-order valence-corrected chi connectivity index (χ0v) is 15.5. The highest BCUT2D eigenvalue weighted by Gasteiger charge is 2.44. The summed E-state index contributed by atoms with van der Waals surface area (Å²) >= 11 is 0. The molecule has 0 atom stereocenters. The van der Waals surface area contributed by atoms with E-state index in [1.165, 1.54) is 12.1 Å². The van der Waals surface area contributed by atoms with Crippen molar-refractivity contribution in [1.29, 1.82) is 0 Å². The minimum absolute atomic E-state index is 0.00367. The highest BCUT2D eigenvalue weighted by atomic mass is 19.1. The Kier molecular flexibility index (Phi) is 4.30. The Morgan fingerprint density at radius 1 is 0.926 bits per heavy atom. The van der Waals surface area contributed by atoms with Crippen LogP contribution in [0.15, 0.2) is 48.2 Å². The molecule has 138 valence electrons. The zero-order chi connectivity index (χ0) is 19.1. The summed E-state index contributed by atoms with van der Waals surface area (Å²) < 4.78 is 14.4. The molecule has 2 amide bonds. The number of halogens is 1. The monoisotopic (exact) mass is 364 g/mol. The van der Waals surface area contributed by atoms with E-state index in [0.29, 0.717) is 11.3 Å². The molecule has 2 aromatic rings. The first kappa shape index (κ1) is 17.5. The summed E-state index contributed by atoms with van der Waals surface area (Å²) in [5.41, 5.74) is 3.53. The Morgan fingerprint density at radius 2 is 1.63 bits per heavy atom. The zero-order valence-electron chi connectivity index (χ0n) is 15.5. The van der Waals surface area contributed by atoms with Crippen molar-refractivity contribution in [3.63, 3.8) is 0 Å². The number of para-hydroxylation sites is 1. The van der Waals surface area contributed by atoms with Crippen LogP contribution in [0.1, 0.15) is 29.5 Å². The standard InChI is InChI=1S/C22H21FN2O2/c1-14-9-10-16(15(2)13-14)19-20(24-11-5-6-12-24)22(27)25(21(19)26)18-8-4-3-7-17(18)23/h3-4,7-10,13H,5-6,11-12H2,1-2H3. The van der Waals surface area contributed by atoms with Gasteiger partial charge in [0.25, 0.3) is 11.8 Å². The summed E-state index contributed by atoms with van der Waals surface area (Å²) in [6, 6.07) is 11.7. The lowest BCUT2D eigenvalue weighted by atomic mass is 9.97. The predicted molar refractivity (Wildman–Crippen MR) is 103 cm³/mol. The van der Waals surface area contributed by atoms with Crippen molar-refractivity contribution in [2.75, 3.05) is 18.0 Å². The van der Waals surface area contributed by atoms with Crippen LogP contribution in [0.5, 0.6) is 0 Å². The molecule has 0 radical (unpaired) electrons. The number of rotatable bonds is 3. The van der Waals surface area contributed by atoms with Gasteiger partial charge in [-0.05, 0) is 49.9 Å². The number of anilines is 1. The number of nitrogens with zero attached hydrogens (tertiary/aromatic N) is 2. The molecule has 4 nitrogen and oxygen atoms in total. The molecular weight excluding hydrogens is 343 g/mol. The lowest BCUT2D eigenvalue weighted by Crippen LogP contribution is -2.35. The Bertz CT molecular complexity index is 974. The molecule has 2 heterocycles. The predicted octanol–water partition coefficient (Wildman–Crippen LogP) is 3.82. The molecule has 1 saturated heterocycles. The van der Waals surface area contributed by atoms with Crippen LogP contribution in [0.4, 0.5) is 10.1 Å². The van der Waals surface area contributed by atoms with Crippen LogP contribution in [0, 0.1) is 19.7 Å². The molecule has 5 heteroatoms. The molecule has 27 heavy (non-hydrogen) atoms. The maximum atomic E-state index is 14.4. The fourth-order valence-corrected chi connectivity index (χ4v) is 3.94. The third kappa shape index (κ3) is 2.83. The number of amides is 2. The average molecular weight is 364 g/mol. The van der Waals surface area contributed by atoms with Crippen LogP contribution in [0.25, 0.3) is 5.57 Å². The van der Waals surface area contributed by atoms with Crippen molar-refractivity contribution in [3.05, 3.63) is 70.7 Å². The van der Waals surface area contributed by atoms with E-state index in [1.807, 2.05) is 36.9 Å². The van der Waals surface area contributed by atoms with Crippen molar-refractivity contribution >= 4 is 23.1 Å².